The molecule has 10 nitrogen and oxygen atoms in total. The van der Waals surface area contributed by atoms with Crippen molar-refractivity contribution >= 4 is 46.7 Å². The largest absolute Gasteiger partial charge is 0.462 e. The topological polar surface area (TPSA) is 127 Å². The van der Waals surface area contributed by atoms with Gasteiger partial charge in [-0.1, -0.05) is 29.8 Å². The molecule has 0 aromatic heterocycles. The van der Waals surface area contributed by atoms with E-state index in [4.69, 9.17) is 16.3 Å². The number of nitro groups is 1. The zero-order valence-electron chi connectivity index (χ0n) is 20.9. The number of carbonyl (C=O) groups excluding carboxylic acids is 4. The second kappa shape index (κ2) is 11.9. The van der Waals surface area contributed by atoms with Crippen LogP contribution in [0.5, 0.6) is 0 Å². The number of rotatable bonds is 9. The van der Waals surface area contributed by atoms with Crippen LogP contribution in [0.4, 0.5) is 11.4 Å². The summed E-state index contributed by atoms with van der Waals surface area (Å²) in [4.78, 5) is 65.1. The van der Waals surface area contributed by atoms with Crippen LogP contribution in [0.1, 0.15) is 39.6 Å². The predicted molar refractivity (Wildman–Crippen MR) is 143 cm³/mol. The van der Waals surface area contributed by atoms with Gasteiger partial charge in [0.15, 0.2) is 0 Å². The maximum absolute atomic E-state index is 13.6. The summed E-state index contributed by atoms with van der Waals surface area (Å²) in [5.41, 5.74) is 1.07. The van der Waals surface area contributed by atoms with Gasteiger partial charge in [0, 0.05) is 29.3 Å². The smallest absolute Gasteiger partial charge is 0.338 e. The molecule has 3 aromatic carbocycles. The Hall–Kier alpha value is -4.57. The van der Waals surface area contributed by atoms with E-state index in [0.29, 0.717) is 11.4 Å². The minimum Gasteiger partial charge on any atom is -0.462 e. The lowest BCUT2D eigenvalue weighted by Crippen LogP contribution is -2.46. The van der Waals surface area contributed by atoms with Crippen molar-refractivity contribution in [1.82, 2.24) is 4.90 Å². The highest BCUT2D eigenvalue weighted by Crippen LogP contribution is 2.28. The Morgan fingerprint density at radius 3 is 2.44 bits per heavy atom. The summed E-state index contributed by atoms with van der Waals surface area (Å²) < 4.78 is 4.97. The third-order valence-corrected chi connectivity index (χ3v) is 6.47. The molecule has 200 valence electrons. The number of hydrogen-bond acceptors (Lipinski definition) is 7. The summed E-state index contributed by atoms with van der Waals surface area (Å²) in [5.74, 6) is -2.29. The molecule has 1 saturated heterocycles. The summed E-state index contributed by atoms with van der Waals surface area (Å²) >= 11 is 6.09. The third kappa shape index (κ3) is 6.12. The fourth-order valence-corrected chi connectivity index (χ4v) is 4.56. The van der Waals surface area contributed by atoms with Gasteiger partial charge in [0.2, 0.25) is 5.91 Å². The van der Waals surface area contributed by atoms with Gasteiger partial charge >= 0.3 is 5.97 Å². The van der Waals surface area contributed by atoms with Crippen molar-refractivity contribution in [1.29, 1.82) is 0 Å². The Morgan fingerprint density at radius 2 is 1.77 bits per heavy atom. The van der Waals surface area contributed by atoms with Crippen LogP contribution in [0.25, 0.3) is 0 Å². The van der Waals surface area contributed by atoms with E-state index >= 15 is 0 Å². The number of nitrogens with zero attached hydrogens (tertiary/aromatic N) is 3. The molecule has 1 heterocycles. The van der Waals surface area contributed by atoms with Crippen LogP contribution in [-0.2, 0) is 20.7 Å². The van der Waals surface area contributed by atoms with E-state index < -0.39 is 34.7 Å². The zero-order chi connectivity index (χ0) is 28.1. The molecule has 1 aliphatic rings. The molecule has 0 radical (unpaired) electrons. The quantitative estimate of drug-likeness (QED) is 0.167. The van der Waals surface area contributed by atoms with E-state index in [2.05, 4.69) is 0 Å². The van der Waals surface area contributed by atoms with Crippen molar-refractivity contribution in [2.75, 3.05) is 18.1 Å². The Morgan fingerprint density at radius 1 is 1.05 bits per heavy atom. The fraction of sp³-hybridized carbons (Fsp3) is 0.214. The Kier molecular flexibility index (Phi) is 8.36. The van der Waals surface area contributed by atoms with Crippen molar-refractivity contribution in [2.45, 2.75) is 25.8 Å². The fourth-order valence-electron chi connectivity index (χ4n) is 4.35. The number of carbonyl (C=O) groups is 4. The first-order chi connectivity index (χ1) is 18.7. The van der Waals surface area contributed by atoms with Gasteiger partial charge < -0.3 is 9.64 Å². The highest BCUT2D eigenvalue weighted by atomic mass is 35.5. The predicted octanol–water partition coefficient (Wildman–Crippen LogP) is 4.44. The van der Waals surface area contributed by atoms with Gasteiger partial charge in [-0.25, -0.2) is 9.69 Å². The number of esters is 1. The SMILES string of the molecule is CCOC(=O)c1ccc(N2C(=O)CC(N(CCc3cccc(Cl)c3)C(=O)c3cccc([N+](=O)[O-])c3)C2=O)cc1. The molecule has 1 atom stereocenters. The van der Waals surface area contributed by atoms with Gasteiger partial charge in [-0.2, -0.15) is 0 Å². The van der Waals surface area contributed by atoms with Gasteiger partial charge in [0.05, 0.1) is 29.2 Å². The molecule has 0 saturated carbocycles. The molecule has 1 aliphatic heterocycles. The lowest BCUT2D eigenvalue weighted by Gasteiger charge is -2.28. The Labute approximate surface area is 228 Å². The average molecular weight is 550 g/mol. The normalized spacial score (nSPS) is 14.8. The summed E-state index contributed by atoms with van der Waals surface area (Å²) in [6.07, 6.45) is 0.0576. The van der Waals surface area contributed by atoms with E-state index in [1.807, 2.05) is 6.07 Å². The molecule has 0 N–H and O–H groups in total. The molecule has 1 fully saturated rings. The summed E-state index contributed by atoms with van der Waals surface area (Å²) in [6, 6.07) is 16.9. The minimum atomic E-state index is -1.13. The van der Waals surface area contributed by atoms with E-state index in [0.717, 1.165) is 16.5 Å². The molecule has 1 unspecified atom stereocenters. The number of halogens is 1. The number of anilines is 1. The van der Waals surface area contributed by atoms with Crippen molar-refractivity contribution < 1.29 is 28.8 Å². The van der Waals surface area contributed by atoms with Crippen LogP contribution < -0.4 is 4.90 Å². The Balaban J connectivity index is 1.63. The molecule has 0 spiro atoms. The van der Waals surface area contributed by atoms with E-state index in [-0.39, 0.29) is 42.1 Å². The Bertz CT molecular complexity index is 1440. The van der Waals surface area contributed by atoms with Crippen molar-refractivity contribution in [2.24, 2.45) is 0 Å². The molecule has 3 aromatic rings. The molecule has 39 heavy (non-hydrogen) atoms. The monoisotopic (exact) mass is 549 g/mol. The van der Waals surface area contributed by atoms with Crippen molar-refractivity contribution in [3.8, 4) is 0 Å². The molecule has 0 bridgehead atoms. The number of ether oxygens (including phenoxy) is 1. The molecule has 3 amide bonds. The molecule has 11 heteroatoms. The molecular weight excluding hydrogens is 526 g/mol. The number of benzene rings is 3. The molecule has 0 aliphatic carbocycles. The first-order valence-corrected chi connectivity index (χ1v) is 12.5. The third-order valence-electron chi connectivity index (χ3n) is 6.23. The van der Waals surface area contributed by atoms with Crippen molar-refractivity contribution in [3.63, 3.8) is 0 Å². The van der Waals surface area contributed by atoms with E-state index in [1.54, 1.807) is 25.1 Å². The van der Waals surface area contributed by atoms with Gasteiger partial charge in [-0.05, 0) is 61.4 Å². The second-order valence-electron chi connectivity index (χ2n) is 8.74. The van der Waals surface area contributed by atoms with Crippen LogP contribution in [-0.4, -0.2) is 52.7 Å². The summed E-state index contributed by atoms with van der Waals surface area (Å²) in [5, 5.41) is 11.8. The van der Waals surface area contributed by atoms with Crippen LogP contribution in [0.15, 0.2) is 72.8 Å². The maximum Gasteiger partial charge on any atom is 0.338 e. The minimum absolute atomic E-state index is 0.0211. The van der Waals surface area contributed by atoms with Crippen LogP contribution in [0, 0.1) is 10.1 Å². The summed E-state index contributed by atoms with van der Waals surface area (Å²) in [6.45, 7) is 1.94. The van der Waals surface area contributed by atoms with E-state index in [9.17, 15) is 29.3 Å². The zero-order valence-corrected chi connectivity index (χ0v) is 21.7. The van der Waals surface area contributed by atoms with Crippen LogP contribution in [0.3, 0.4) is 0 Å². The first kappa shape index (κ1) is 27.5. The average Bonchev–Trinajstić information content (AvgIpc) is 3.22. The second-order valence-corrected chi connectivity index (χ2v) is 9.18. The van der Waals surface area contributed by atoms with Gasteiger partial charge in [0.1, 0.15) is 6.04 Å². The van der Waals surface area contributed by atoms with E-state index in [1.165, 1.54) is 47.4 Å². The number of imide groups is 1. The van der Waals surface area contributed by atoms with Gasteiger partial charge in [-0.3, -0.25) is 24.5 Å². The standard InChI is InChI=1S/C28H24ClN3O7/c1-2-39-28(36)19-9-11-22(12-10-19)31-25(33)17-24(27(31)35)30(14-13-18-5-3-7-21(29)15-18)26(34)20-6-4-8-23(16-20)32(37)38/h3-12,15-16,24H,2,13-14,17H2,1H3. The summed E-state index contributed by atoms with van der Waals surface area (Å²) in [7, 11) is 0. The lowest BCUT2D eigenvalue weighted by molar-refractivity contribution is -0.384. The van der Waals surface area contributed by atoms with Crippen molar-refractivity contribution in [3.05, 3.63) is 105 Å². The maximum atomic E-state index is 13.6. The van der Waals surface area contributed by atoms with Gasteiger partial charge in [0.25, 0.3) is 17.5 Å². The number of amides is 3. The number of non-ortho nitro benzene ring substituents is 1. The molecule has 4 rings (SSSR count). The number of hydrogen-bond donors (Lipinski definition) is 0. The number of nitro benzene ring substituents is 1. The molecular formula is C28H24ClN3O7. The highest BCUT2D eigenvalue weighted by molar-refractivity contribution is 6.30. The van der Waals surface area contributed by atoms with Gasteiger partial charge in [-0.15, -0.1) is 0 Å². The lowest BCUT2D eigenvalue weighted by atomic mass is 10.1. The van der Waals surface area contributed by atoms with Crippen LogP contribution in [0.2, 0.25) is 5.02 Å². The highest BCUT2D eigenvalue weighted by Gasteiger charge is 2.44. The first-order valence-electron chi connectivity index (χ1n) is 12.1. The van der Waals surface area contributed by atoms with Crippen LogP contribution >= 0.6 is 11.6 Å².